The summed E-state index contributed by atoms with van der Waals surface area (Å²) in [6.07, 6.45) is 0.272. The average Bonchev–Trinajstić information content (AvgIpc) is 2.64. The number of benzene rings is 1. The van der Waals surface area contributed by atoms with E-state index in [-0.39, 0.29) is 12.3 Å². The van der Waals surface area contributed by atoms with Gasteiger partial charge < -0.3 is 9.63 Å². The van der Waals surface area contributed by atoms with Crippen molar-refractivity contribution >= 4 is 21.9 Å². The lowest BCUT2D eigenvalue weighted by atomic mass is 10.1. The van der Waals surface area contributed by atoms with E-state index in [0.29, 0.717) is 12.2 Å². The number of aliphatic carboxylic acids is 1. The Hall–Kier alpha value is -1.69. The number of halogens is 1. The molecule has 17 heavy (non-hydrogen) atoms. The maximum Gasteiger partial charge on any atom is 0.312 e. The molecule has 6 heteroatoms. The van der Waals surface area contributed by atoms with Gasteiger partial charge in [-0.25, -0.2) is 0 Å². The van der Waals surface area contributed by atoms with E-state index in [4.69, 9.17) is 9.63 Å². The minimum absolute atomic E-state index is 0.127. The third-order valence-electron chi connectivity index (χ3n) is 2.06. The molecule has 1 aromatic heterocycles. The fourth-order valence-corrected chi connectivity index (χ4v) is 1.84. The maximum atomic E-state index is 10.4. The highest BCUT2D eigenvalue weighted by Gasteiger charge is 2.10. The number of carbonyl (C=O) groups is 1. The van der Waals surface area contributed by atoms with Gasteiger partial charge in [0.05, 0.1) is 0 Å². The molecule has 0 fully saturated rings. The highest BCUT2D eigenvalue weighted by atomic mass is 79.9. The van der Waals surface area contributed by atoms with Crippen LogP contribution in [0.5, 0.6) is 0 Å². The van der Waals surface area contributed by atoms with Crippen molar-refractivity contribution in [1.82, 2.24) is 10.1 Å². The fourth-order valence-electron chi connectivity index (χ4n) is 1.39. The van der Waals surface area contributed by atoms with Gasteiger partial charge in [-0.05, 0) is 17.7 Å². The monoisotopic (exact) mass is 296 g/mol. The molecule has 0 bridgehead atoms. The van der Waals surface area contributed by atoms with Crippen LogP contribution in [-0.4, -0.2) is 21.2 Å². The molecule has 0 saturated heterocycles. The van der Waals surface area contributed by atoms with Gasteiger partial charge in [-0.1, -0.05) is 33.2 Å². The van der Waals surface area contributed by atoms with E-state index in [1.54, 1.807) is 0 Å². The molecule has 0 spiro atoms. The Morgan fingerprint density at radius 1 is 1.47 bits per heavy atom. The molecule has 0 aliphatic carbocycles. The van der Waals surface area contributed by atoms with E-state index in [9.17, 15) is 4.79 Å². The summed E-state index contributed by atoms with van der Waals surface area (Å²) in [5.74, 6) is -0.371. The summed E-state index contributed by atoms with van der Waals surface area (Å²) in [6.45, 7) is 0. The summed E-state index contributed by atoms with van der Waals surface area (Å²) in [7, 11) is 0. The van der Waals surface area contributed by atoms with Gasteiger partial charge in [-0.2, -0.15) is 4.98 Å². The summed E-state index contributed by atoms with van der Waals surface area (Å²) in [5, 5.41) is 12.3. The van der Waals surface area contributed by atoms with E-state index < -0.39 is 5.97 Å². The van der Waals surface area contributed by atoms with Gasteiger partial charge >= 0.3 is 5.97 Å². The number of hydrogen-bond acceptors (Lipinski definition) is 4. The smallest absolute Gasteiger partial charge is 0.312 e. The van der Waals surface area contributed by atoms with Crippen LogP contribution in [0.25, 0.3) is 0 Å². The molecule has 1 heterocycles. The van der Waals surface area contributed by atoms with Crippen LogP contribution in [0.15, 0.2) is 33.3 Å². The Bertz CT molecular complexity index is 539. The zero-order valence-corrected chi connectivity index (χ0v) is 10.3. The summed E-state index contributed by atoms with van der Waals surface area (Å²) < 4.78 is 5.80. The first-order valence-electron chi connectivity index (χ1n) is 4.91. The van der Waals surface area contributed by atoms with Crippen LogP contribution in [0, 0.1) is 0 Å². The standard InChI is InChI=1S/C11H9BrN2O3/c12-8-3-1-2-7(4-8)5-9-13-10(17-14-9)6-11(15)16/h1-4H,5-6H2,(H,15,16). The molecule has 0 aliphatic rings. The van der Waals surface area contributed by atoms with Crippen LogP contribution < -0.4 is 0 Å². The molecule has 2 rings (SSSR count). The molecule has 2 aromatic rings. The highest BCUT2D eigenvalue weighted by molar-refractivity contribution is 9.10. The van der Waals surface area contributed by atoms with Crippen molar-refractivity contribution in [3.63, 3.8) is 0 Å². The summed E-state index contributed by atoms with van der Waals surface area (Å²) in [4.78, 5) is 14.4. The molecule has 0 radical (unpaired) electrons. The van der Waals surface area contributed by atoms with Crippen molar-refractivity contribution in [1.29, 1.82) is 0 Å². The van der Waals surface area contributed by atoms with Gasteiger partial charge in [-0.3, -0.25) is 4.79 Å². The van der Waals surface area contributed by atoms with Crippen molar-refractivity contribution < 1.29 is 14.4 Å². The van der Waals surface area contributed by atoms with E-state index in [1.165, 1.54) is 0 Å². The van der Waals surface area contributed by atoms with Gasteiger partial charge in [0.15, 0.2) is 5.82 Å². The van der Waals surface area contributed by atoms with Gasteiger partial charge in [0.1, 0.15) is 6.42 Å². The lowest BCUT2D eigenvalue weighted by Gasteiger charge is -1.96. The summed E-state index contributed by atoms with van der Waals surface area (Å²) in [6, 6.07) is 7.73. The predicted octanol–water partition coefficient (Wildman–Crippen LogP) is 2.05. The zero-order chi connectivity index (χ0) is 12.3. The molecule has 0 amide bonds. The van der Waals surface area contributed by atoms with Crippen LogP contribution in [-0.2, 0) is 17.6 Å². The Morgan fingerprint density at radius 2 is 2.29 bits per heavy atom. The number of hydrogen-bond donors (Lipinski definition) is 1. The molecular weight excluding hydrogens is 288 g/mol. The zero-order valence-electron chi connectivity index (χ0n) is 8.76. The molecule has 5 nitrogen and oxygen atoms in total. The van der Waals surface area contributed by atoms with Gasteiger partial charge in [0, 0.05) is 10.9 Å². The molecule has 1 aromatic carbocycles. The molecule has 0 atom stereocenters. The van der Waals surface area contributed by atoms with E-state index >= 15 is 0 Å². The first kappa shape index (κ1) is 11.8. The number of aromatic nitrogens is 2. The molecule has 0 saturated carbocycles. The number of carboxylic acid groups (broad SMARTS) is 1. The van der Waals surface area contributed by atoms with E-state index in [2.05, 4.69) is 26.1 Å². The second kappa shape index (κ2) is 5.09. The Kier molecular flexibility index (Phi) is 3.53. The second-order valence-electron chi connectivity index (χ2n) is 3.48. The summed E-state index contributed by atoms with van der Waals surface area (Å²) in [5.41, 5.74) is 1.03. The number of nitrogens with zero attached hydrogens (tertiary/aromatic N) is 2. The molecule has 0 unspecified atom stereocenters. The largest absolute Gasteiger partial charge is 0.481 e. The normalized spacial score (nSPS) is 10.4. The second-order valence-corrected chi connectivity index (χ2v) is 4.40. The fraction of sp³-hybridized carbons (Fsp3) is 0.182. The first-order valence-corrected chi connectivity index (χ1v) is 5.70. The quantitative estimate of drug-likeness (QED) is 0.934. The first-order chi connectivity index (χ1) is 8.13. The number of rotatable bonds is 4. The molecular formula is C11H9BrN2O3. The van der Waals surface area contributed by atoms with Crippen LogP contribution in [0.4, 0.5) is 0 Å². The van der Waals surface area contributed by atoms with Crippen LogP contribution in [0.3, 0.4) is 0 Å². The van der Waals surface area contributed by atoms with Crippen molar-refractivity contribution in [2.45, 2.75) is 12.8 Å². The lowest BCUT2D eigenvalue weighted by molar-refractivity contribution is -0.136. The Morgan fingerprint density at radius 3 is 3.00 bits per heavy atom. The van der Waals surface area contributed by atoms with Gasteiger partial charge in [0.2, 0.25) is 5.89 Å². The average molecular weight is 297 g/mol. The van der Waals surface area contributed by atoms with Crippen molar-refractivity contribution in [3.05, 3.63) is 46.0 Å². The SMILES string of the molecule is O=C(O)Cc1nc(Cc2cccc(Br)c2)no1. The van der Waals surface area contributed by atoms with Crippen molar-refractivity contribution in [2.75, 3.05) is 0 Å². The molecule has 88 valence electrons. The third kappa shape index (κ3) is 3.39. The van der Waals surface area contributed by atoms with Gasteiger partial charge in [0.25, 0.3) is 0 Å². The molecule has 1 N–H and O–H groups in total. The Labute approximate surface area is 106 Å². The minimum atomic E-state index is -0.984. The van der Waals surface area contributed by atoms with Crippen LogP contribution in [0.2, 0.25) is 0 Å². The van der Waals surface area contributed by atoms with Gasteiger partial charge in [-0.15, -0.1) is 0 Å². The van der Waals surface area contributed by atoms with Crippen molar-refractivity contribution in [3.8, 4) is 0 Å². The van der Waals surface area contributed by atoms with Crippen LogP contribution >= 0.6 is 15.9 Å². The van der Waals surface area contributed by atoms with E-state index in [0.717, 1.165) is 10.0 Å². The topological polar surface area (TPSA) is 76.2 Å². The maximum absolute atomic E-state index is 10.4. The Balaban J connectivity index is 2.08. The minimum Gasteiger partial charge on any atom is -0.481 e. The summed E-state index contributed by atoms with van der Waals surface area (Å²) >= 11 is 3.37. The van der Waals surface area contributed by atoms with Crippen LogP contribution in [0.1, 0.15) is 17.3 Å². The third-order valence-corrected chi connectivity index (χ3v) is 2.56. The molecule has 0 aliphatic heterocycles. The van der Waals surface area contributed by atoms with Crippen molar-refractivity contribution in [2.24, 2.45) is 0 Å². The lowest BCUT2D eigenvalue weighted by Crippen LogP contribution is -2.00. The highest BCUT2D eigenvalue weighted by Crippen LogP contribution is 2.14. The number of carboxylic acids is 1. The van der Waals surface area contributed by atoms with E-state index in [1.807, 2.05) is 24.3 Å². The predicted molar refractivity (Wildman–Crippen MR) is 62.6 cm³/mol.